The molecule has 0 saturated carbocycles. The summed E-state index contributed by atoms with van der Waals surface area (Å²) >= 11 is 0. The maximum absolute atomic E-state index is 12.8. The van der Waals surface area contributed by atoms with Crippen molar-refractivity contribution in [1.29, 1.82) is 0 Å². The van der Waals surface area contributed by atoms with Crippen LogP contribution in [0.2, 0.25) is 0 Å². The van der Waals surface area contributed by atoms with Gasteiger partial charge in [-0.1, -0.05) is 25.5 Å². The van der Waals surface area contributed by atoms with Crippen molar-refractivity contribution in [3.63, 3.8) is 0 Å². The summed E-state index contributed by atoms with van der Waals surface area (Å²) in [7, 11) is 0. The molecule has 0 fully saturated rings. The van der Waals surface area contributed by atoms with Gasteiger partial charge in [0.05, 0.1) is 0 Å². The number of hydrogen-bond acceptors (Lipinski definition) is 2. The van der Waals surface area contributed by atoms with E-state index in [2.05, 4.69) is 12.2 Å². The van der Waals surface area contributed by atoms with E-state index < -0.39 is 0 Å². The fourth-order valence-corrected chi connectivity index (χ4v) is 2.37. The Kier molecular flexibility index (Phi) is 6.67. The van der Waals surface area contributed by atoms with Gasteiger partial charge >= 0.3 is 0 Å². The Morgan fingerprint density at radius 2 is 1.62 bits per heavy atom. The highest BCUT2D eigenvalue weighted by Gasteiger charge is 2.09. The number of ketones is 1. The monoisotopic (exact) mass is 327 g/mol. The number of amides is 1. The van der Waals surface area contributed by atoms with Crippen molar-refractivity contribution < 1.29 is 14.0 Å². The van der Waals surface area contributed by atoms with Gasteiger partial charge in [0.15, 0.2) is 5.78 Å². The summed E-state index contributed by atoms with van der Waals surface area (Å²) in [5.74, 6) is -0.751. The summed E-state index contributed by atoms with van der Waals surface area (Å²) in [6.45, 7) is 2.15. The van der Waals surface area contributed by atoms with E-state index in [-0.39, 0.29) is 30.3 Å². The molecule has 0 radical (unpaired) electrons. The molecule has 2 aromatic rings. The Morgan fingerprint density at radius 3 is 2.25 bits per heavy atom. The molecular weight excluding hydrogens is 305 g/mol. The molecule has 0 spiro atoms. The summed E-state index contributed by atoms with van der Waals surface area (Å²) in [5, 5.41) is 2.79. The van der Waals surface area contributed by atoms with E-state index in [4.69, 9.17) is 0 Å². The number of rotatable bonds is 8. The number of aryl methyl sites for hydroxylation is 1. The van der Waals surface area contributed by atoms with Crippen LogP contribution in [0.15, 0.2) is 48.5 Å². The van der Waals surface area contributed by atoms with Crippen molar-refractivity contribution in [3.05, 3.63) is 65.5 Å². The standard InChI is InChI=1S/C20H22FNO2/c1-2-3-4-15-5-11-18(12-6-15)22-20(24)14-13-19(23)16-7-9-17(21)10-8-16/h5-12H,2-4,13-14H2,1H3,(H,22,24). The Hall–Kier alpha value is -2.49. The summed E-state index contributed by atoms with van der Waals surface area (Å²) < 4.78 is 12.8. The minimum absolute atomic E-state index is 0.103. The molecule has 0 heterocycles. The van der Waals surface area contributed by atoms with Gasteiger partial charge in [0.1, 0.15) is 5.82 Å². The molecule has 1 amide bonds. The number of nitrogens with one attached hydrogen (secondary N) is 1. The van der Waals surface area contributed by atoms with Crippen molar-refractivity contribution in [1.82, 2.24) is 0 Å². The molecule has 0 atom stereocenters. The molecule has 0 saturated heterocycles. The number of carbonyl (C=O) groups is 2. The number of unbranched alkanes of at least 4 members (excludes halogenated alkanes) is 1. The third-order valence-corrected chi connectivity index (χ3v) is 3.80. The van der Waals surface area contributed by atoms with E-state index >= 15 is 0 Å². The number of Topliss-reactive ketones (excluding diaryl/α,β-unsaturated/α-hetero) is 1. The third-order valence-electron chi connectivity index (χ3n) is 3.80. The van der Waals surface area contributed by atoms with E-state index in [0.717, 1.165) is 24.9 Å². The average Bonchev–Trinajstić information content (AvgIpc) is 2.59. The van der Waals surface area contributed by atoms with Crippen LogP contribution in [-0.2, 0) is 11.2 Å². The molecule has 24 heavy (non-hydrogen) atoms. The molecular formula is C20H22FNO2. The fourth-order valence-electron chi connectivity index (χ4n) is 2.37. The van der Waals surface area contributed by atoms with Gasteiger partial charge in [0, 0.05) is 24.1 Å². The molecule has 0 unspecified atom stereocenters. The first-order valence-electron chi connectivity index (χ1n) is 8.26. The van der Waals surface area contributed by atoms with E-state index in [1.807, 2.05) is 24.3 Å². The zero-order valence-electron chi connectivity index (χ0n) is 13.8. The lowest BCUT2D eigenvalue weighted by Crippen LogP contribution is -2.13. The van der Waals surface area contributed by atoms with Gasteiger partial charge in [-0.2, -0.15) is 0 Å². The van der Waals surface area contributed by atoms with Gasteiger partial charge in [-0.3, -0.25) is 9.59 Å². The molecule has 0 aromatic heterocycles. The average molecular weight is 327 g/mol. The summed E-state index contributed by atoms with van der Waals surface area (Å²) in [5.41, 5.74) is 2.40. The van der Waals surface area contributed by atoms with Crippen molar-refractivity contribution in [2.75, 3.05) is 5.32 Å². The van der Waals surface area contributed by atoms with Crippen LogP contribution in [-0.4, -0.2) is 11.7 Å². The van der Waals surface area contributed by atoms with Crippen molar-refractivity contribution in [2.24, 2.45) is 0 Å². The Labute approximate surface area is 141 Å². The highest BCUT2D eigenvalue weighted by molar-refractivity contribution is 5.99. The molecule has 0 bridgehead atoms. The van der Waals surface area contributed by atoms with E-state index in [9.17, 15) is 14.0 Å². The molecule has 0 aliphatic carbocycles. The number of hydrogen-bond donors (Lipinski definition) is 1. The minimum atomic E-state index is -0.383. The molecule has 4 heteroatoms. The van der Waals surface area contributed by atoms with Gasteiger partial charge in [-0.15, -0.1) is 0 Å². The molecule has 2 rings (SSSR count). The number of benzene rings is 2. The SMILES string of the molecule is CCCCc1ccc(NC(=O)CCC(=O)c2ccc(F)cc2)cc1. The second-order valence-corrected chi connectivity index (χ2v) is 5.78. The van der Waals surface area contributed by atoms with Crippen LogP contribution in [0, 0.1) is 5.82 Å². The number of anilines is 1. The molecule has 0 aliphatic rings. The van der Waals surface area contributed by atoms with E-state index in [1.165, 1.54) is 29.8 Å². The van der Waals surface area contributed by atoms with Gasteiger partial charge in [-0.05, 0) is 54.8 Å². The number of carbonyl (C=O) groups excluding carboxylic acids is 2. The van der Waals surface area contributed by atoms with Gasteiger partial charge in [-0.25, -0.2) is 4.39 Å². The second kappa shape index (κ2) is 8.96. The maximum Gasteiger partial charge on any atom is 0.224 e. The normalized spacial score (nSPS) is 10.4. The zero-order chi connectivity index (χ0) is 17.4. The molecule has 0 aliphatic heterocycles. The first-order chi connectivity index (χ1) is 11.6. The van der Waals surface area contributed by atoms with Gasteiger partial charge < -0.3 is 5.32 Å². The smallest absolute Gasteiger partial charge is 0.224 e. The van der Waals surface area contributed by atoms with E-state index in [1.54, 1.807) is 0 Å². The first-order valence-corrected chi connectivity index (χ1v) is 8.26. The Balaban J connectivity index is 1.80. The van der Waals surface area contributed by atoms with Gasteiger partial charge in [0.2, 0.25) is 5.91 Å². The largest absolute Gasteiger partial charge is 0.326 e. The predicted octanol–water partition coefficient (Wildman–Crippen LogP) is 4.77. The summed E-state index contributed by atoms with van der Waals surface area (Å²) in [6.07, 6.45) is 3.55. The number of halogens is 1. The second-order valence-electron chi connectivity index (χ2n) is 5.78. The third kappa shape index (κ3) is 5.61. The van der Waals surface area contributed by atoms with Crippen LogP contribution in [0.4, 0.5) is 10.1 Å². The predicted molar refractivity (Wildman–Crippen MR) is 93.6 cm³/mol. The lowest BCUT2D eigenvalue weighted by molar-refractivity contribution is -0.116. The van der Waals surface area contributed by atoms with Gasteiger partial charge in [0.25, 0.3) is 0 Å². The van der Waals surface area contributed by atoms with Crippen LogP contribution in [0.3, 0.4) is 0 Å². The molecule has 2 aromatic carbocycles. The highest BCUT2D eigenvalue weighted by atomic mass is 19.1. The first kappa shape index (κ1) is 17.9. The lowest BCUT2D eigenvalue weighted by atomic mass is 10.1. The minimum Gasteiger partial charge on any atom is -0.326 e. The van der Waals surface area contributed by atoms with Crippen LogP contribution in [0.1, 0.15) is 48.5 Å². The maximum atomic E-state index is 12.8. The molecule has 3 nitrogen and oxygen atoms in total. The Bertz CT molecular complexity index is 678. The highest BCUT2D eigenvalue weighted by Crippen LogP contribution is 2.13. The quantitative estimate of drug-likeness (QED) is 0.710. The Morgan fingerprint density at radius 1 is 0.958 bits per heavy atom. The van der Waals surface area contributed by atoms with Crippen molar-refractivity contribution in [2.45, 2.75) is 39.0 Å². The van der Waals surface area contributed by atoms with E-state index in [0.29, 0.717) is 5.56 Å². The lowest BCUT2D eigenvalue weighted by Gasteiger charge is -2.06. The van der Waals surface area contributed by atoms with Crippen molar-refractivity contribution >= 4 is 17.4 Å². The topological polar surface area (TPSA) is 46.2 Å². The zero-order valence-corrected chi connectivity index (χ0v) is 13.8. The van der Waals surface area contributed by atoms with Crippen LogP contribution in [0.25, 0.3) is 0 Å². The summed E-state index contributed by atoms with van der Waals surface area (Å²) in [6, 6.07) is 13.1. The van der Waals surface area contributed by atoms with Crippen LogP contribution < -0.4 is 5.32 Å². The van der Waals surface area contributed by atoms with Crippen LogP contribution in [0.5, 0.6) is 0 Å². The van der Waals surface area contributed by atoms with Crippen molar-refractivity contribution in [3.8, 4) is 0 Å². The van der Waals surface area contributed by atoms with Crippen LogP contribution >= 0.6 is 0 Å². The molecule has 126 valence electrons. The summed E-state index contributed by atoms with van der Waals surface area (Å²) in [4.78, 5) is 23.9. The molecule has 1 N–H and O–H groups in total. The fraction of sp³-hybridized carbons (Fsp3) is 0.300.